The molecule has 6 heteroatoms. The summed E-state index contributed by atoms with van der Waals surface area (Å²) in [5.74, 6) is 2.25. The molecule has 0 N–H and O–H groups in total. The maximum atomic E-state index is 8.91. The van der Waals surface area contributed by atoms with E-state index in [9.17, 15) is 0 Å². The number of fused-ring (bicyclic) bond motifs is 1. The lowest BCUT2D eigenvalue weighted by Crippen LogP contribution is -2.16. The summed E-state index contributed by atoms with van der Waals surface area (Å²) in [7, 11) is 1.53. The van der Waals surface area contributed by atoms with E-state index in [0.29, 0.717) is 53.4 Å². The number of methoxy groups -OCH3 is 1. The van der Waals surface area contributed by atoms with E-state index in [-0.39, 0.29) is 0 Å². The third kappa shape index (κ3) is 3.27. The van der Waals surface area contributed by atoms with E-state index in [1.807, 2.05) is 6.07 Å². The molecule has 0 spiro atoms. The molecule has 23 heavy (non-hydrogen) atoms. The van der Waals surface area contributed by atoms with Crippen LogP contribution in [0.2, 0.25) is 5.02 Å². The van der Waals surface area contributed by atoms with E-state index in [0.717, 1.165) is 5.56 Å². The molecule has 1 aliphatic rings. The van der Waals surface area contributed by atoms with Crippen LogP contribution in [0.4, 0.5) is 0 Å². The highest BCUT2D eigenvalue weighted by atomic mass is 35.5. The fourth-order valence-corrected chi connectivity index (χ4v) is 2.55. The van der Waals surface area contributed by atoms with Gasteiger partial charge < -0.3 is 18.9 Å². The Morgan fingerprint density at radius 1 is 1.17 bits per heavy atom. The first kappa shape index (κ1) is 15.3. The lowest BCUT2D eigenvalue weighted by molar-refractivity contribution is 0.171. The van der Waals surface area contributed by atoms with Gasteiger partial charge in [-0.25, -0.2) is 0 Å². The molecule has 0 aromatic heterocycles. The van der Waals surface area contributed by atoms with Crippen molar-refractivity contribution >= 4 is 11.6 Å². The van der Waals surface area contributed by atoms with Gasteiger partial charge in [0.25, 0.3) is 0 Å². The number of nitrogens with zero attached hydrogens (tertiary/aromatic N) is 1. The molecule has 5 nitrogen and oxygen atoms in total. The van der Waals surface area contributed by atoms with Gasteiger partial charge in [0, 0.05) is 6.07 Å². The van der Waals surface area contributed by atoms with Crippen molar-refractivity contribution in [3.63, 3.8) is 0 Å². The van der Waals surface area contributed by atoms with Gasteiger partial charge in [-0.1, -0.05) is 11.6 Å². The van der Waals surface area contributed by atoms with Gasteiger partial charge in [0.2, 0.25) is 0 Å². The number of rotatable bonds is 4. The van der Waals surface area contributed by atoms with Crippen molar-refractivity contribution in [2.75, 3.05) is 20.3 Å². The average Bonchev–Trinajstić information content (AvgIpc) is 2.60. The molecular weight excluding hydrogens is 318 g/mol. The molecule has 0 saturated heterocycles. The van der Waals surface area contributed by atoms with Crippen molar-refractivity contribution in [3.8, 4) is 29.1 Å². The fraction of sp³-hybridized carbons (Fsp3) is 0.235. The van der Waals surface area contributed by atoms with Crippen LogP contribution < -0.4 is 18.9 Å². The standard InChI is InChI=1S/C17H14ClNO4/c1-20-15-7-11(9-19)2-3-14(15)23-10-12-6-13(18)17-16(8-12)21-4-5-22-17/h2-3,6-8H,4-5,10H2,1H3. The quantitative estimate of drug-likeness (QED) is 0.857. The summed E-state index contributed by atoms with van der Waals surface area (Å²) in [6.07, 6.45) is 0. The zero-order chi connectivity index (χ0) is 16.2. The summed E-state index contributed by atoms with van der Waals surface area (Å²) in [6, 6.07) is 10.7. The van der Waals surface area contributed by atoms with Crippen LogP contribution in [0.15, 0.2) is 30.3 Å². The molecule has 3 rings (SSSR count). The first-order chi connectivity index (χ1) is 11.2. The zero-order valence-corrected chi connectivity index (χ0v) is 13.2. The molecule has 0 radical (unpaired) electrons. The van der Waals surface area contributed by atoms with Crippen LogP contribution >= 0.6 is 11.6 Å². The van der Waals surface area contributed by atoms with E-state index < -0.39 is 0 Å². The highest BCUT2D eigenvalue weighted by molar-refractivity contribution is 6.32. The van der Waals surface area contributed by atoms with Crippen molar-refractivity contribution < 1.29 is 18.9 Å². The van der Waals surface area contributed by atoms with E-state index >= 15 is 0 Å². The third-order valence-corrected chi connectivity index (χ3v) is 3.62. The van der Waals surface area contributed by atoms with E-state index in [2.05, 4.69) is 6.07 Å². The zero-order valence-electron chi connectivity index (χ0n) is 12.5. The summed E-state index contributed by atoms with van der Waals surface area (Å²) in [4.78, 5) is 0. The molecule has 0 bridgehead atoms. The highest BCUT2D eigenvalue weighted by Crippen LogP contribution is 2.38. The summed E-state index contributed by atoms with van der Waals surface area (Å²) in [5.41, 5.74) is 1.36. The summed E-state index contributed by atoms with van der Waals surface area (Å²) in [6.45, 7) is 1.28. The summed E-state index contributed by atoms with van der Waals surface area (Å²) in [5, 5.41) is 9.41. The van der Waals surface area contributed by atoms with Crippen molar-refractivity contribution in [1.82, 2.24) is 0 Å². The Morgan fingerprint density at radius 3 is 2.78 bits per heavy atom. The minimum Gasteiger partial charge on any atom is -0.493 e. The second kappa shape index (κ2) is 6.67. The first-order valence-corrected chi connectivity index (χ1v) is 7.38. The summed E-state index contributed by atoms with van der Waals surface area (Å²) < 4.78 is 22.0. The SMILES string of the molecule is COc1cc(C#N)ccc1OCc1cc(Cl)c2c(c1)OCCO2. The number of ether oxygens (including phenoxy) is 4. The highest BCUT2D eigenvalue weighted by Gasteiger charge is 2.17. The predicted octanol–water partition coefficient (Wildman–Crippen LogP) is 3.57. The minimum absolute atomic E-state index is 0.290. The maximum Gasteiger partial charge on any atom is 0.179 e. The van der Waals surface area contributed by atoms with Crippen molar-refractivity contribution in [2.24, 2.45) is 0 Å². The van der Waals surface area contributed by atoms with Crippen LogP contribution in [0.3, 0.4) is 0 Å². The predicted molar refractivity (Wildman–Crippen MR) is 84.5 cm³/mol. The Kier molecular flexibility index (Phi) is 4.45. The molecule has 1 aliphatic heterocycles. The van der Waals surface area contributed by atoms with Crippen LogP contribution in [-0.2, 0) is 6.61 Å². The van der Waals surface area contributed by atoms with Gasteiger partial charge in [-0.05, 0) is 29.8 Å². The van der Waals surface area contributed by atoms with Crippen LogP contribution in [0.5, 0.6) is 23.0 Å². The van der Waals surface area contributed by atoms with E-state index in [1.54, 1.807) is 24.3 Å². The third-order valence-electron chi connectivity index (χ3n) is 3.34. The smallest absolute Gasteiger partial charge is 0.179 e. The van der Waals surface area contributed by atoms with E-state index in [1.165, 1.54) is 7.11 Å². The molecule has 0 amide bonds. The molecule has 118 valence electrons. The summed E-state index contributed by atoms with van der Waals surface area (Å²) >= 11 is 6.21. The topological polar surface area (TPSA) is 60.7 Å². The molecule has 0 unspecified atom stereocenters. The van der Waals surface area contributed by atoms with Crippen LogP contribution in [0.1, 0.15) is 11.1 Å². The van der Waals surface area contributed by atoms with E-state index in [4.69, 9.17) is 35.8 Å². The molecule has 0 aliphatic carbocycles. The molecule has 0 fully saturated rings. The molecule has 0 atom stereocenters. The maximum absolute atomic E-state index is 8.91. The molecule has 2 aromatic carbocycles. The largest absolute Gasteiger partial charge is 0.493 e. The average molecular weight is 332 g/mol. The molecule has 2 aromatic rings. The number of hydrogen-bond donors (Lipinski definition) is 0. The Hall–Kier alpha value is -2.58. The van der Waals surface area contributed by atoms with Gasteiger partial charge in [0.15, 0.2) is 23.0 Å². The van der Waals surface area contributed by atoms with Crippen LogP contribution in [0.25, 0.3) is 0 Å². The Morgan fingerprint density at radius 2 is 2.00 bits per heavy atom. The van der Waals surface area contributed by atoms with Crippen LogP contribution in [-0.4, -0.2) is 20.3 Å². The first-order valence-electron chi connectivity index (χ1n) is 7.00. The lowest BCUT2D eigenvalue weighted by atomic mass is 10.2. The number of halogens is 1. The molecule has 0 saturated carbocycles. The molecule has 1 heterocycles. The Balaban J connectivity index is 1.79. The van der Waals surface area contributed by atoms with Crippen LogP contribution in [0, 0.1) is 11.3 Å². The number of benzene rings is 2. The van der Waals surface area contributed by atoms with Gasteiger partial charge in [-0.3, -0.25) is 0 Å². The molecular formula is C17H14ClNO4. The second-order valence-electron chi connectivity index (χ2n) is 4.87. The number of hydrogen-bond acceptors (Lipinski definition) is 5. The minimum atomic E-state index is 0.290. The van der Waals surface area contributed by atoms with Gasteiger partial charge in [-0.15, -0.1) is 0 Å². The van der Waals surface area contributed by atoms with Gasteiger partial charge in [0.1, 0.15) is 19.8 Å². The fourth-order valence-electron chi connectivity index (χ4n) is 2.27. The van der Waals surface area contributed by atoms with Gasteiger partial charge in [-0.2, -0.15) is 5.26 Å². The van der Waals surface area contributed by atoms with Gasteiger partial charge >= 0.3 is 0 Å². The van der Waals surface area contributed by atoms with Gasteiger partial charge in [0.05, 0.1) is 23.8 Å². The van der Waals surface area contributed by atoms with Crippen molar-refractivity contribution in [1.29, 1.82) is 5.26 Å². The Labute approximate surface area is 138 Å². The second-order valence-corrected chi connectivity index (χ2v) is 5.28. The normalized spacial score (nSPS) is 12.4. The number of nitriles is 1. The van der Waals surface area contributed by atoms with Crippen molar-refractivity contribution in [2.45, 2.75) is 6.61 Å². The van der Waals surface area contributed by atoms with Crippen molar-refractivity contribution in [3.05, 3.63) is 46.5 Å². The monoisotopic (exact) mass is 331 g/mol. The Bertz CT molecular complexity index is 770. The lowest BCUT2D eigenvalue weighted by Gasteiger charge is -2.20.